The molecule has 9 aromatic rings. The van der Waals surface area contributed by atoms with E-state index >= 15 is 0 Å². The lowest BCUT2D eigenvalue weighted by atomic mass is 9.50. The number of thiophene rings is 1. The van der Waals surface area contributed by atoms with Crippen molar-refractivity contribution < 1.29 is 0 Å². The Hall–Kier alpha value is -5.76. The van der Waals surface area contributed by atoms with Gasteiger partial charge in [-0.2, -0.15) is 0 Å². The summed E-state index contributed by atoms with van der Waals surface area (Å²) in [5.74, 6) is 4.14. The maximum Gasteiger partial charge on any atom is 0.0434 e. The van der Waals surface area contributed by atoms with Crippen LogP contribution in [-0.2, 0) is 0 Å². The Bertz CT molecular complexity index is 3070. The van der Waals surface area contributed by atoms with Gasteiger partial charge < -0.3 is 0 Å². The van der Waals surface area contributed by atoms with Crippen molar-refractivity contribution in [3.63, 3.8) is 0 Å². The zero-order chi connectivity index (χ0) is 38.5. The third kappa shape index (κ3) is 5.05. The fraction of sp³-hybridized carbons (Fsp3) is 0.193. The second-order valence-corrected chi connectivity index (χ2v) is 18.6. The minimum atomic E-state index is 0.635. The number of fused-ring (bicyclic) bond motifs is 6. The second-order valence-electron chi connectivity index (χ2n) is 17.6. The first-order valence-corrected chi connectivity index (χ1v) is 22.3. The van der Waals surface area contributed by atoms with Crippen LogP contribution in [0, 0.1) is 30.6 Å². The molecule has 0 radical (unpaired) electrons. The first-order chi connectivity index (χ1) is 28.7. The molecule has 4 fully saturated rings. The predicted molar refractivity (Wildman–Crippen MR) is 252 cm³/mol. The van der Waals surface area contributed by atoms with Crippen molar-refractivity contribution >= 4 is 69.9 Å². The molecule has 13 rings (SSSR count). The van der Waals surface area contributed by atoms with Crippen molar-refractivity contribution in [2.45, 2.75) is 44.9 Å². The van der Waals surface area contributed by atoms with Crippen LogP contribution in [0.2, 0.25) is 0 Å². The van der Waals surface area contributed by atoms with Gasteiger partial charge in [-0.3, -0.25) is 0 Å². The maximum atomic E-state index is 4.13. The highest BCUT2D eigenvalue weighted by Gasteiger charge is 2.49. The quantitative estimate of drug-likeness (QED) is 0.117. The van der Waals surface area contributed by atoms with E-state index in [0.29, 0.717) is 5.92 Å². The lowest BCUT2D eigenvalue weighted by Gasteiger charge is -2.55. The second kappa shape index (κ2) is 13.4. The Balaban J connectivity index is 1.12. The molecule has 0 aliphatic heterocycles. The highest BCUT2D eigenvalue weighted by atomic mass is 32.1. The Morgan fingerprint density at radius 1 is 0.517 bits per heavy atom. The van der Waals surface area contributed by atoms with Gasteiger partial charge in [-0.1, -0.05) is 158 Å². The first-order valence-electron chi connectivity index (χ1n) is 21.4. The Labute approximate surface area is 345 Å². The summed E-state index contributed by atoms with van der Waals surface area (Å²) < 4.78 is 2.70. The average Bonchev–Trinajstić information content (AvgIpc) is 3.65. The molecule has 1 heterocycles. The van der Waals surface area contributed by atoms with Crippen LogP contribution in [-0.4, -0.2) is 0 Å². The third-order valence-electron chi connectivity index (χ3n) is 14.6. The van der Waals surface area contributed by atoms with Gasteiger partial charge in [0, 0.05) is 25.7 Å². The Kier molecular flexibility index (Phi) is 7.92. The molecule has 58 heavy (non-hydrogen) atoms. The molecule has 0 amide bonds. The van der Waals surface area contributed by atoms with Crippen LogP contribution in [0.1, 0.15) is 54.7 Å². The fourth-order valence-electron chi connectivity index (χ4n) is 12.7. The van der Waals surface area contributed by atoms with E-state index in [1.54, 1.807) is 5.56 Å². The summed E-state index contributed by atoms with van der Waals surface area (Å²) in [6.07, 6.45) is 13.7. The zero-order valence-corrected chi connectivity index (χ0v) is 33.9. The lowest BCUT2D eigenvalue weighted by Crippen LogP contribution is -2.44. The van der Waals surface area contributed by atoms with Crippen molar-refractivity contribution in [3.8, 4) is 33.4 Å². The van der Waals surface area contributed by atoms with Crippen LogP contribution in [0.3, 0.4) is 0 Å². The molecule has 4 aliphatic carbocycles. The predicted octanol–water partition coefficient (Wildman–Crippen LogP) is 16.6. The molecule has 1 aromatic heterocycles. The normalized spacial score (nSPS) is 21.4. The maximum absolute atomic E-state index is 4.13. The number of rotatable bonds is 6. The summed E-state index contributed by atoms with van der Waals surface area (Å²) >= 11 is 1.96. The van der Waals surface area contributed by atoms with Crippen LogP contribution in [0.5, 0.6) is 0 Å². The number of hydrogen-bond donors (Lipinski definition) is 0. The minimum Gasteiger partial charge on any atom is -0.135 e. The topological polar surface area (TPSA) is 0 Å². The van der Waals surface area contributed by atoms with Crippen molar-refractivity contribution in [2.75, 3.05) is 0 Å². The summed E-state index contributed by atoms with van der Waals surface area (Å²) in [5, 5.41) is 10.7. The monoisotopic (exact) mass is 762 g/mol. The summed E-state index contributed by atoms with van der Waals surface area (Å²) in [5.41, 5.74) is 12.4. The van der Waals surface area contributed by atoms with Gasteiger partial charge in [0.15, 0.2) is 0 Å². The fourth-order valence-corrected chi connectivity index (χ4v) is 13.9. The largest absolute Gasteiger partial charge is 0.135 e. The van der Waals surface area contributed by atoms with E-state index in [1.165, 1.54) is 129 Å². The number of benzene rings is 8. The summed E-state index contributed by atoms with van der Waals surface area (Å²) in [4.78, 5) is 0. The standard InChI is InChI=1S/C57H46S/c1-3-4-18-40-34(2)51(41-19-8-13-24-46(41)56(40)52-38-30-35-29-36(32-38)33-39(52)31-35)48-26-14-27-49-55-47(25-15-28-50(55)58-57(48)49)54-44-22-11-9-20-42(44)53(37-16-6-5-7-17-37)43-21-10-12-23-45(43)54/h3-28,35-36,38-39,52H,1,29-33H2,2H3/b18-4-. The molecule has 4 bridgehead atoms. The molecule has 280 valence electrons. The summed E-state index contributed by atoms with van der Waals surface area (Å²) in [7, 11) is 0. The van der Waals surface area contributed by atoms with Gasteiger partial charge in [0.2, 0.25) is 0 Å². The molecule has 0 atom stereocenters. The molecule has 0 spiro atoms. The van der Waals surface area contributed by atoms with E-state index in [4.69, 9.17) is 0 Å². The molecule has 8 aromatic carbocycles. The molecule has 4 saturated carbocycles. The van der Waals surface area contributed by atoms with E-state index in [1.807, 2.05) is 17.4 Å². The molecule has 4 aliphatic rings. The molecule has 1 heteroatoms. The Morgan fingerprint density at radius 3 is 1.69 bits per heavy atom. The third-order valence-corrected chi connectivity index (χ3v) is 15.8. The number of hydrogen-bond acceptors (Lipinski definition) is 1. The van der Waals surface area contributed by atoms with Crippen molar-refractivity contribution in [3.05, 3.63) is 175 Å². The van der Waals surface area contributed by atoms with Crippen molar-refractivity contribution in [1.29, 1.82) is 0 Å². The summed E-state index contributed by atoms with van der Waals surface area (Å²) in [6.45, 7) is 6.55. The molecular formula is C57H46S. The van der Waals surface area contributed by atoms with E-state index in [0.717, 1.165) is 23.7 Å². The average molecular weight is 763 g/mol. The zero-order valence-electron chi connectivity index (χ0n) is 33.0. The van der Waals surface area contributed by atoms with Gasteiger partial charge in [-0.15, -0.1) is 11.3 Å². The van der Waals surface area contributed by atoms with Gasteiger partial charge in [0.25, 0.3) is 0 Å². The van der Waals surface area contributed by atoms with Crippen LogP contribution in [0.15, 0.2) is 158 Å². The molecule has 0 saturated heterocycles. The molecule has 0 unspecified atom stereocenters. The molecule has 0 nitrogen and oxygen atoms in total. The summed E-state index contributed by atoms with van der Waals surface area (Å²) in [6, 6.07) is 52.5. The van der Waals surface area contributed by atoms with Gasteiger partial charge in [0.05, 0.1) is 0 Å². The van der Waals surface area contributed by atoms with Crippen LogP contribution >= 0.6 is 11.3 Å². The van der Waals surface area contributed by atoms with Gasteiger partial charge >= 0.3 is 0 Å². The van der Waals surface area contributed by atoms with Crippen LogP contribution < -0.4 is 0 Å². The Morgan fingerprint density at radius 2 is 1.05 bits per heavy atom. The highest BCUT2D eigenvalue weighted by Crippen LogP contribution is 2.62. The van der Waals surface area contributed by atoms with Gasteiger partial charge in [-0.05, 0) is 152 Å². The van der Waals surface area contributed by atoms with E-state index in [-0.39, 0.29) is 0 Å². The SMILES string of the molecule is C=C/C=C\c1c(C)c(-c2cccc3c2sc2cccc(-c4c5ccccc5c(-c5ccccc5)c5ccccc45)c23)c2ccccc2c1C1C2CC3CC(C2)CC1C3. The van der Waals surface area contributed by atoms with Crippen molar-refractivity contribution in [1.82, 2.24) is 0 Å². The van der Waals surface area contributed by atoms with E-state index < -0.39 is 0 Å². The van der Waals surface area contributed by atoms with Gasteiger partial charge in [0.1, 0.15) is 0 Å². The van der Waals surface area contributed by atoms with E-state index in [9.17, 15) is 0 Å². The number of allylic oxidation sites excluding steroid dienone is 2. The van der Waals surface area contributed by atoms with Crippen LogP contribution in [0.4, 0.5) is 0 Å². The molecule has 0 N–H and O–H groups in total. The first kappa shape index (κ1) is 34.3. The smallest absolute Gasteiger partial charge is 0.0434 e. The highest BCUT2D eigenvalue weighted by molar-refractivity contribution is 7.26. The van der Waals surface area contributed by atoms with Crippen LogP contribution in [0.25, 0.3) is 91.9 Å². The van der Waals surface area contributed by atoms with E-state index in [2.05, 4.69) is 165 Å². The van der Waals surface area contributed by atoms with Crippen molar-refractivity contribution in [2.24, 2.45) is 23.7 Å². The lowest BCUT2D eigenvalue weighted by molar-refractivity contribution is -0.00238. The van der Waals surface area contributed by atoms with Gasteiger partial charge in [-0.25, -0.2) is 0 Å². The minimum absolute atomic E-state index is 0.635. The molecular weight excluding hydrogens is 717 g/mol.